The number of ether oxygens (including phenoxy) is 1. The molecule has 6 nitrogen and oxygen atoms in total. The van der Waals surface area contributed by atoms with Crippen molar-refractivity contribution in [2.24, 2.45) is 0 Å². The summed E-state index contributed by atoms with van der Waals surface area (Å²) in [7, 11) is 1.27. The van der Waals surface area contributed by atoms with Gasteiger partial charge in [-0.1, -0.05) is 0 Å². The summed E-state index contributed by atoms with van der Waals surface area (Å²) in [5, 5.41) is 11.5. The molecule has 1 heterocycles. The van der Waals surface area contributed by atoms with Crippen LogP contribution in [0.1, 0.15) is 11.1 Å². The van der Waals surface area contributed by atoms with Gasteiger partial charge in [-0.3, -0.25) is 14.7 Å². The molecule has 19 heavy (non-hydrogen) atoms. The number of rotatable bonds is 3. The number of H-pyrrole nitrogens is 1. The van der Waals surface area contributed by atoms with Crippen LogP contribution >= 0.6 is 0 Å². The van der Waals surface area contributed by atoms with Crippen molar-refractivity contribution < 1.29 is 9.53 Å². The molecule has 2 rings (SSSR count). The highest BCUT2D eigenvalue weighted by Gasteiger charge is 2.11. The molecule has 0 saturated carbocycles. The molecule has 1 aromatic carbocycles. The summed E-state index contributed by atoms with van der Waals surface area (Å²) >= 11 is 0. The molecule has 0 spiro atoms. The minimum Gasteiger partial charge on any atom is -0.469 e. The van der Waals surface area contributed by atoms with E-state index in [1.165, 1.54) is 18.0 Å². The first kappa shape index (κ1) is 12.6. The zero-order valence-electron chi connectivity index (χ0n) is 10.2. The molecule has 96 valence electrons. The smallest absolute Gasteiger partial charge is 0.310 e. The van der Waals surface area contributed by atoms with Crippen molar-refractivity contribution in [3.63, 3.8) is 0 Å². The summed E-state index contributed by atoms with van der Waals surface area (Å²) < 4.78 is 5.82. The average molecular weight is 257 g/mol. The van der Waals surface area contributed by atoms with Gasteiger partial charge in [0.25, 0.3) is 5.56 Å². The van der Waals surface area contributed by atoms with Gasteiger partial charge in [-0.25, -0.2) is 4.68 Å². The Balaban J connectivity index is 2.33. The topological polar surface area (TPSA) is 87.9 Å². The molecule has 0 unspecified atom stereocenters. The van der Waals surface area contributed by atoms with E-state index in [1.807, 2.05) is 6.07 Å². The molecule has 0 atom stereocenters. The van der Waals surface area contributed by atoms with Crippen molar-refractivity contribution in [3.8, 4) is 11.8 Å². The predicted molar refractivity (Wildman–Crippen MR) is 66.8 cm³/mol. The number of carbonyl (C=O) groups excluding carboxylic acids is 1. The molecule has 0 fully saturated rings. The van der Waals surface area contributed by atoms with E-state index in [2.05, 4.69) is 9.84 Å². The Morgan fingerprint density at radius 3 is 2.68 bits per heavy atom. The number of aromatic nitrogens is 2. The van der Waals surface area contributed by atoms with Crippen molar-refractivity contribution in [2.75, 3.05) is 7.11 Å². The number of nitrogens with zero attached hydrogens (tertiary/aromatic N) is 2. The fourth-order valence-corrected chi connectivity index (χ4v) is 1.64. The van der Waals surface area contributed by atoms with Crippen molar-refractivity contribution >= 4 is 5.97 Å². The van der Waals surface area contributed by atoms with E-state index in [1.54, 1.807) is 24.3 Å². The molecule has 2 aromatic rings. The van der Waals surface area contributed by atoms with Crippen LogP contribution in [-0.2, 0) is 16.0 Å². The maximum absolute atomic E-state index is 12.0. The Labute approximate surface area is 108 Å². The van der Waals surface area contributed by atoms with E-state index >= 15 is 0 Å². The maximum Gasteiger partial charge on any atom is 0.310 e. The van der Waals surface area contributed by atoms with Crippen LogP contribution in [0.15, 0.2) is 35.3 Å². The van der Waals surface area contributed by atoms with Gasteiger partial charge >= 0.3 is 5.97 Å². The van der Waals surface area contributed by atoms with Gasteiger partial charge in [-0.2, -0.15) is 5.26 Å². The molecular weight excluding hydrogens is 246 g/mol. The number of esters is 1. The minimum atomic E-state index is -0.469. The van der Waals surface area contributed by atoms with E-state index in [0.29, 0.717) is 16.8 Å². The first-order chi connectivity index (χ1) is 9.15. The highest BCUT2D eigenvalue weighted by molar-refractivity contribution is 5.72. The van der Waals surface area contributed by atoms with Crippen LogP contribution in [0, 0.1) is 11.3 Å². The first-order valence-corrected chi connectivity index (χ1v) is 5.52. The lowest BCUT2D eigenvalue weighted by atomic mass is 10.2. The number of benzene rings is 1. The summed E-state index contributed by atoms with van der Waals surface area (Å²) in [4.78, 5) is 23.2. The number of carbonyl (C=O) groups is 1. The number of aromatic amines is 1. The van der Waals surface area contributed by atoms with Crippen molar-refractivity contribution in [1.29, 1.82) is 5.26 Å². The second kappa shape index (κ2) is 5.23. The van der Waals surface area contributed by atoms with Gasteiger partial charge in [0.15, 0.2) is 0 Å². The van der Waals surface area contributed by atoms with Gasteiger partial charge in [-0.05, 0) is 24.3 Å². The van der Waals surface area contributed by atoms with Gasteiger partial charge in [-0.15, -0.1) is 0 Å². The second-order valence-corrected chi connectivity index (χ2v) is 3.85. The summed E-state index contributed by atoms with van der Waals surface area (Å²) in [5.74, 6) is -0.469. The molecule has 0 amide bonds. The van der Waals surface area contributed by atoms with Gasteiger partial charge in [0, 0.05) is 11.8 Å². The summed E-state index contributed by atoms with van der Waals surface area (Å²) in [6, 6.07) is 8.53. The molecule has 0 aliphatic carbocycles. The van der Waals surface area contributed by atoms with Crippen LogP contribution in [0.5, 0.6) is 0 Å². The van der Waals surface area contributed by atoms with Gasteiger partial charge in [0.1, 0.15) is 0 Å². The third kappa shape index (κ3) is 2.55. The average Bonchev–Trinajstić information content (AvgIpc) is 2.80. The Bertz CT molecular complexity index is 689. The Hall–Kier alpha value is -2.81. The second-order valence-electron chi connectivity index (χ2n) is 3.85. The number of nitriles is 1. The molecule has 1 aromatic heterocycles. The third-order valence-corrected chi connectivity index (χ3v) is 2.66. The monoisotopic (exact) mass is 257 g/mol. The number of hydrogen-bond donors (Lipinski definition) is 1. The zero-order valence-corrected chi connectivity index (χ0v) is 10.2. The number of hydrogen-bond acceptors (Lipinski definition) is 4. The molecule has 0 bridgehead atoms. The molecule has 6 heteroatoms. The van der Waals surface area contributed by atoms with Crippen molar-refractivity contribution in [1.82, 2.24) is 9.78 Å². The molecular formula is C13H11N3O3. The normalized spacial score (nSPS) is 9.89. The number of methoxy groups -OCH3 is 1. The lowest BCUT2D eigenvalue weighted by molar-refractivity contribution is -0.139. The Morgan fingerprint density at radius 1 is 1.42 bits per heavy atom. The van der Waals surface area contributed by atoms with E-state index < -0.39 is 5.97 Å². The molecule has 0 aliphatic heterocycles. The maximum atomic E-state index is 12.0. The fraction of sp³-hybridized carbons (Fsp3) is 0.154. The zero-order chi connectivity index (χ0) is 13.8. The molecule has 0 aliphatic rings. The van der Waals surface area contributed by atoms with Crippen molar-refractivity contribution in [3.05, 3.63) is 51.9 Å². The Kier molecular flexibility index (Phi) is 3.48. The number of nitrogens with one attached hydrogen (secondary N) is 1. The highest BCUT2D eigenvalue weighted by Crippen LogP contribution is 2.07. The summed E-state index contributed by atoms with van der Waals surface area (Å²) in [6.07, 6.45) is 1.40. The lowest BCUT2D eigenvalue weighted by Crippen LogP contribution is -2.19. The van der Waals surface area contributed by atoms with E-state index in [-0.39, 0.29) is 12.0 Å². The van der Waals surface area contributed by atoms with Crippen LogP contribution in [0.2, 0.25) is 0 Å². The van der Waals surface area contributed by atoms with Crippen LogP contribution < -0.4 is 5.56 Å². The quantitative estimate of drug-likeness (QED) is 0.822. The van der Waals surface area contributed by atoms with Crippen LogP contribution in [0.4, 0.5) is 0 Å². The van der Waals surface area contributed by atoms with Crippen LogP contribution in [0.3, 0.4) is 0 Å². The first-order valence-electron chi connectivity index (χ1n) is 5.52. The molecule has 0 radical (unpaired) electrons. The van der Waals surface area contributed by atoms with Crippen LogP contribution in [-0.4, -0.2) is 22.9 Å². The van der Waals surface area contributed by atoms with Gasteiger partial charge in [0.05, 0.1) is 30.9 Å². The Morgan fingerprint density at radius 2 is 2.11 bits per heavy atom. The summed E-state index contributed by atoms with van der Waals surface area (Å²) in [6.45, 7) is 0. The van der Waals surface area contributed by atoms with Gasteiger partial charge < -0.3 is 4.74 Å². The third-order valence-electron chi connectivity index (χ3n) is 2.66. The van der Waals surface area contributed by atoms with E-state index in [9.17, 15) is 9.59 Å². The van der Waals surface area contributed by atoms with Gasteiger partial charge in [0.2, 0.25) is 0 Å². The van der Waals surface area contributed by atoms with Crippen LogP contribution in [0.25, 0.3) is 5.69 Å². The van der Waals surface area contributed by atoms with Crippen molar-refractivity contribution in [2.45, 2.75) is 6.42 Å². The highest BCUT2D eigenvalue weighted by atomic mass is 16.5. The molecule has 0 saturated heterocycles. The largest absolute Gasteiger partial charge is 0.469 e. The minimum absolute atomic E-state index is 0.0743. The fourth-order valence-electron chi connectivity index (χ4n) is 1.64. The molecule has 1 N–H and O–H groups in total. The van der Waals surface area contributed by atoms with E-state index in [4.69, 9.17) is 5.26 Å². The van der Waals surface area contributed by atoms with E-state index in [0.717, 1.165) is 0 Å². The SMILES string of the molecule is COC(=O)Cc1c[nH]n(-c2ccc(C#N)cc2)c1=O. The standard InChI is InChI=1S/C13H11N3O3/c1-19-12(17)6-10-8-15-16(13(10)18)11-4-2-9(7-14)3-5-11/h2-5,8,15H,6H2,1H3. The lowest BCUT2D eigenvalue weighted by Gasteiger charge is -2.00. The predicted octanol–water partition coefficient (Wildman–Crippen LogP) is 0.753. The summed E-state index contributed by atoms with van der Waals surface area (Å²) in [5.41, 5.74) is 1.13.